The predicted molar refractivity (Wildman–Crippen MR) is 125 cm³/mol. The zero-order valence-electron chi connectivity index (χ0n) is 19.4. The molecule has 1 aromatic heterocycles. The fraction of sp³-hybridized carbons (Fsp3) is 0.320. The number of carboxylic acid groups (broad SMARTS) is 1. The average molecular weight is 469 g/mol. The highest BCUT2D eigenvalue weighted by atomic mass is 16.5. The SMILES string of the molecule is COc1ccc([C@H](CC(=O)O)NC(=O)CCc2c(C)c3ccc(O)c(C)c3oc2=O)cc1OC. The van der Waals surface area contributed by atoms with Crippen molar-refractivity contribution >= 4 is 22.8 Å². The van der Waals surface area contributed by atoms with E-state index in [0.29, 0.717) is 44.7 Å². The Morgan fingerprint density at radius 3 is 2.41 bits per heavy atom. The highest BCUT2D eigenvalue weighted by Gasteiger charge is 2.21. The van der Waals surface area contributed by atoms with Crippen LogP contribution in [0.5, 0.6) is 17.2 Å². The highest BCUT2D eigenvalue weighted by Crippen LogP contribution is 2.31. The van der Waals surface area contributed by atoms with E-state index in [-0.39, 0.29) is 25.0 Å². The van der Waals surface area contributed by atoms with Crippen LogP contribution in [-0.2, 0) is 16.0 Å². The summed E-state index contributed by atoms with van der Waals surface area (Å²) in [5.74, 6) is -0.572. The van der Waals surface area contributed by atoms with Gasteiger partial charge in [0, 0.05) is 22.9 Å². The molecular weight excluding hydrogens is 442 g/mol. The van der Waals surface area contributed by atoms with Crippen molar-refractivity contribution in [2.24, 2.45) is 0 Å². The van der Waals surface area contributed by atoms with Gasteiger partial charge in [0.15, 0.2) is 11.5 Å². The smallest absolute Gasteiger partial charge is 0.339 e. The minimum atomic E-state index is -1.08. The molecule has 0 bridgehead atoms. The number of aryl methyl sites for hydroxylation is 2. The first kappa shape index (κ1) is 24.6. The summed E-state index contributed by atoms with van der Waals surface area (Å²) in [4.78, 5) is 36.7. The van der Waals surface area contributed by atoms with Gasteiger partial charge in [-0.05, 0) is 55.7 Å². The molecule has 180 valence electrons. The Labute approximate surface area is 195 Å². The number of methoxy groups -OCH3 is 2. The van der Waals surface area contributed by atoms with Gasteiger partial charge in [-0.3, -0.25) is 9.59 Å². The molecule has 0 aliphatic carbocycles. The Morgan fingerprint density at radius 1 is 1.06 bits per heavy atom. The lowest BCUT2D eigenvalue weighted by atomic mass is 9.99. The number of benzene rings is 2. The lowest BCUT2D eigenvalue weighted by Crippen LogP contribution is -2.30. The lowest BCUT2D eigenvalue weighted by Gasteiger charge is -2.19. The summed E-state index contributed by atoms with van der Waals surface area (Å²) in [7, 11) is 2.95. The molecule has 9 nitrogen and oxygen atoms in total. The second-order valence-electron chi connectivity index (χ2n) is 7.91. The molecule has 1 heterocycles. The minimum Gasteiger partial charge on any atom is -0.508 e. The van der Waals surface area contributed by atoms with Crippen LogP contribution in [0.15, 0.2) is 39.5 Å². The number of amides is 1. The molecule has 3 rings (SSSR count). The number of phenolic OH excluding ortho intramolecular Hbond substituents is 1. The zero-order chi connectivity index (χ0) is 25.0. The van der Waals surface area contributed by atoms with Crippen molar-refractivity contribution in [3.63, 3.8) is 0 Å². The van der Waals surface area contributed by atoms with Crippen molar-refractivity contribution in [1.82, 2.24) is 5.32 Å². The van der Waals surface area contributed by atoms with Crippen LogP contribution in [0.4, 0.5) is 0 Å². The predicted octanol–water partition coefficient (Wildman–Crippen LogP) is 3.40. The van der Waals surface area contributed by atoms with Crippen LogP contribution in [0.2, 0.25) is 0 Å². The molecule has 2 aromatic carbocycles. The Hall–Kier alpha value is -4.01. The van der Waals surface area contributed by atoms with E-state index in [1.54, 1.807) is 38.1 Å². The molecule has 1 atom stereocenters. The number of carboxylic acids is 1. The normalized spacial score (nSPS) is 11.8. The van der Waals surface area contributed by atoms with Crippen LogP contribution >= 0.6 is 0 Å². The number of hydrogen-bond acceptors (Lipinski definition) is 7. The van der Waals surface area contributed by atoms with Gasteiger partial charge in [0.25, 0.3) is 0 Å². The van der Waals surface area contributed by atoms with Crippen LogP contribution < -0.4 is 20.4 Å². The van der Waals surface area contributed by atoms with Crippen molar-refractivity contribution < 1.29 is 33.7 Å². The summed E-state index contributed by atoms with van der Waals surface area (Å²) in [5.41, 5.74) is 1.77. The van der Waals surface area contributed by atoms with E-state index in [1.807, 2.05) is 0 Å². The van der Waals surface area contributed by atoms with Gasteiger partial charge < -0.3 is 29.4 Å². The van der Waals surface area contributed by atoms with E-state index in [9.17, 15) is 24.6 Å². The molecule has 34 heavy (non-hydrogen) atoms. The molecule has 0 aliphatic heterocycles. The first-order valence-corrected chi connectivity index (χ1v) is 10.6. The molecule has 9 heteroatoms. The maximum atomic E-state index is 12.7. The van der Waals surface area contributed by atoms with Gasteiger partial charge in [0.1, 0.15) is 11.3 Å². The van der Waals surface area contributed by atoms with Crippen molar-refractivity contribution in [2.75, 3.05) is 14.2 Å². The molecule has 0 radical (unpaired) electrons. The number of rotatable bonds is 9. The average Bonchev–Trinajstić information content (AvgIpc) is 2.80. The summed E-state index contributed by atoms with van der Waals surface area (Å²) < 4.78 is 15.9. The van der Waals surface area contributed by atoms with Crippen molar-refractivity contribution in [2.45, 2.75) is 39.2 Å². The third-order valence-electron chi connectivity index (χ3n) is 5.80. The van der Waals surface area contributed by atoms with Crippen LogP contribution in [0.1, 0.15) is 41.1 Å². The molecule has 3 aromatic rings. The lowest BCUT2D eigenvalue weighted by molar-refractivity contribution is -0.137. The summed E-state index contributed by atoms with van der Waals surface area (Å²) >= 11 is 0. The zero-order valence-corrected chi connectivity index (χ0v) is 19.4. The van der Waals surface area contributed by atoms with Gasteiger partial charge in [-0.15, -0.1) is 0 Å². The summed E-state index contributed by atoms with van der Waals surface area (Å²) in [6.45, 7) is 3.42. The Kier molecular flexibility index (Phi) is 7.45. The Morgan fingerprint density at radius 2 is 1.76 bits per heavy atom. The molecule has 0 aliphatic rings. The van der Waals surface area contributed by atoms with Gasteiger partial charge in [-0.1, -0.05) is 6.07 Å². The number of hydrogen-bond donors (Lipinski definition) is 3. The molecule has 0 spiro atoms. The standard InChI is InChI=1S/C25H27NO8/c1-13-16-6-8-19(27)14(2)24(16)34-25(31)17(13)7-10-22(28)26-18(12-23(29)30)15-5-9-20(32-3)21(11-15)33-4/h5-6,8-9,11,18,27H,7,10,12H2,1-4H3,(H,26,28)(H,29,30)/t18-/m0/s1. The Balaban J connectivity index is 1.81. The molecular formula is C25H27NO8. The van der Waals surface area contributed by atoms with Gasteiger partial charge >= 0.3 is 11.6 Å². The van der Waals surface area contributed by atoms with Crippen molar-refractivity contribution in [1.29, 1.82) is 0 Å². The van der Waals surface area contributed by atoms with Crippen LogP contribution in [-0.4, -0.2) is 36.3 Å². The van der Waals surface area contributed by atoms with Crippen LogP contribution in [0, 0.1) is 13.8 Å². The molecule has 0 saturated heterocycles. The minimum absolute atomic E-state index is 0.0295. The number of nitrogens with one attached hydrogen (secondary N) is 1. The second-order valence-corrected chi connectivity index (χ2v) is 7.91. The third-order valence-corrected chi connectivity index (χ3v) is 5.80. The Bertz CT molecular complexity index is 1290. The number of fused-ring (bicyclic) bond motifs is 1. The molecule has 0 fully saturated rings. The van der Waals surface area contributed by atoms with E-state index in [4.69, 9.17) is 13.9 Å². The number of aromatic hydroxyl groups is 1. The monoisotopic (exact) mass is 469 g/mol. The van der Waals surface area contributed by atoms with E-state index >= 15 is 0 Å². The van der Waals surface area contributed by atoms with Gasteiger partial charge in [-0.25, -0.2) is 4.79 Å². The number of aliphatic carboxylic acids is 1. The molecule has 3 N–H and O–H groups in total. The van der Waals surface area contributed by atoms with Crippen LogP contribution in [0.3, 0.4) is 0 Å². The quantitative estimate of drug-likeness (QED) is 0.406. The van der Waals surface area contributed by atoms with E-state index in [1.165, 1.54) is 20.3 Å². The van der Waals surface area contributed by atoms with E-state index in [0.717, 1.165) is 0 Å². The fourth-order valence-corrected chi connectivity index (χ4v) is 3.87. The fourth-order valence-electron chi connectivity index (χ4n) is 3.87. The number of phenols is 1. The first-order chi connectivity index (χ1) is 16.2. The summed E-state index contributed by atoms with van der Waals surface area (Å²) in [6.07, 6.45) is -0.264. The maximum Gasteiger partial charge on any atom is 0.339 e. The van der Waals surface area contributed by atoms with Gasteiger partial charge in [-0.2, -0.15) is 0 Å². The molecule has 0 unspecified atom stereocenters. The van der Waals surface area contributed by atoms with Gasteiger partial charge in [0.2, 0.25) is 5.91 Å². The third kappa shape index (κ3) is 5.14. The number of carbonyl (C=O) groups excluding carboxylic acids is 1. The summed E-state index contributed by atoms with van der Waals surface area (Å²) in [6, 6.07) is 7.31. The van der Waals surface area contributed by atoms with Crippen molar-refractivity contribution in [3.05, 3.63) is 63.0 Å². The van der Waals surface area contributed by atoms with Crippen LogP contribution in [0.25, 0.3) is 11.0 Å². The summed E-state index contributed by atoms with van der Waals surface area (Å²) in [5, 5.41) is 22.6. The topological polar surface area (TPSA) is 135 Å². The molecule has 1 amide bonds. The number of ether oxygens (including phenoxy) is 2. The maximum absolute atomic E-state index is 12.7. The molecule has 0 saturated carbocycles. The van der Waals surface area contributed by atoms with Crippen molar-refractivity contribution in [3.8, 4) is 17.2 Å². The first-order valence-electron chi connectivity index (χ1n) is 10.6. The van der Waals surface area contributed by atoms with E-state index in [2.05, 4.69) is 5.32 Å². The van der Waals surface area contributed by atoms with E-state index < -0.39 is 23.5 Å². The largest absolute Gasteiger partial charge is 0.508 e. The number of carbonyl (C=O) groups is 2. The second kappa shape index (κ2) is 10.3. The van der Waals surface area contributed by atoms with Gasteiger partial charge in [0.05, 0.1) is 26.7 Å². The highest BCUT2D eigenvalue weighted by molar-refractivity contribution is 5.85.